The maximum absolute atomic E-state index is 13.7. The number of carbonyl (C=O) groups excluding carboxylic acids is 3. The van der Waals surface area contributed by atoms with E-state index in [4.69, 9.17) is 0 Å². The first-order valence-electron chi connectivity index (χ1n) is 6.04. The fourth-order valence-electron chi connectivity index (χ4n) is 2.02. The number of benzene rings is 1. The Labute approximate surface area is 118 Å². The highest BCUT2D eigenvalue weighted by molar-refractivity contribution is 6.00. The molecule has 0 spiro atoms. The zero-order chi connectivity index (χ0) is 15.6. The van der Waals surface area contributed by atoms with Gasteiger partial charge in [-0.2, -0.15) is 0 Å². The lowest BCUT2D eigenvalue weighted by atomic mass is 10.1. The maximum Gasteiger partial charge on any atom is 0.330 e. The van der Waals surface area contributed by atoms with E-state index in [0.29, 0.717) is 6.07 Å². The number of amides is 2. The van der Waals surface area contributed by atoms with Gasteiger partial charge in [0.1, 0.15) is 24.2 Å². The molecule has 8 heteroatoms. The van der Waals surface area contributed by atoms with Crippen molar-refractivity contribution in [3.8, 4) is 0 Å². The van der Waals surface area contributed by atoms with Crippen LogP contribution in [-0.2, 0) is 14.3 Å². The largest absolute Gasteiger partial charge is 0.467 e. The van der Waals surface area contributed by atoms with Crippen molar-refractivity contribution in [3.63, 3.8) is 0 Å². The number of ether oxygens (including phenoxy) is 1. The van der Waals surface area contributed by atoms with Gasteiger partial charge in [0.2, 0.25) is 5.91 Å². The number of halogens is 2. The van der Waals surface area contributed by atoms with E-state index in [2.05, 4.69) is 10.1 Å². The Hall–Kier alpha value is -2.51. The van der Waals surface area contributed by atoms with Crippen LogP contribution in [0.4, 0.5) is 8.78 Å². The van der Waals surface area contributed by atoms with Gasteiger partial charge in [-0.05, 0) is 12.1 Å². The van der Waals surface area contributed by atoms with Gasteiger partial charge >= 0.3 is 5.97 Å². The van der Waals surface area contributed by atoms with Crippen LogP contribution in [0.3, 0.4) is 0 Å². The maximum atomic E-state index is 13.7. The van der Waals surface area contributed by atoms with Gasteiger partial charge in [-0.15, -0.1) is 0 Å². The zero-order valence-electron chi connectivity index (χ0n) is 11.1. The van der Waals surface area contributed by atoms with E-state index in [0.717, 1.165) is 24.1 Å². The average molecular weight is 298 g/mol. The third-order valence-electron chi connectivity index (χ3n) is 3.08. The molecule has 1 aromatic carbocycles. The highest BCUT2D eigenvalue weighted by Gasteiger charge is 2.37. The number of hydrogen-bond acceptors (Lipinski definition) is 4. The normalized spacial score (nSPS) is 18.1. The molecule has 1 N–H and O–H groups in total. The third kappa shape index (κ3) is 2.99. The van der Waals surface area contributed by atoms with Crippen LogP contribution in [0.1, 0.15) is 10.4 Å². The summed E-state index contributed by atoms with van der Waals surface area (Å²) >= 11 is 0. The molecule has 1 heterocycles. The van der Waals surface area contributed by atoms with Gasteiger partial charge < -0.3 is 15.0 Å². The average Bonchev–Trinajstić information content (AvgIpc) is 2.45. The molecule has 1 aliphatic rings. The van der Waals surface area contributed by atoms with Crippen LogP contribution >= 0.6 is 0 Å². The lowest BCUT2D eigenvalue weighted by molar-refractivity contribution is -0.147. The number of esters is 1. The van der Waals surface area contributed by atoms with Crippen LogP contribution in [0, 0.1) is 11.6 Å². The topological polar surface area (TPSA) is 75.7 Å². The third-order valence-corrected chi connectivity index (χ3v) is 3.08. The Bertz CT molecular complexity index is 606. The number of nitrogens with one attached hydrogen (secondary N) is 1. The molecule has 2 amide bonds. The molecule has 1 atom stereocenters. The summed E-state index contributed by atoms with van der Waals surface area (Å²) < 4.78 is 31.1. The first-order chi connectivity index (χ1) is 9.93. The molecule has 1 fully saturated rings. The van der Waals surface area contributed by atoms with E-state index in [9.17, 15) is 23.2 Å². The molecule has 2 rings (SSSR count). The van der Waals surface area contributed by atoms with Gasteiger partial charge in [-0.3, -0.25) is 9.59 Å². The number of methoxy groups -OCH3 is 1. The van der Waals surface area contributed by atoms with Crippen LogP contribution in [0.2, 0.25) is 0 Å². The lowest BCUT2D eigenvalue weighted by Gasteiger charge is -2.33. The zero-order valence-corrected chi connectivity index (χ0v) is 11.1. The Balaban J connectivity index is 2.33. The van der Waals surface area contributed by atoms with Gasteiger partial charge in [0.05, 0.1) is 12.7 Å². The molecule has 21 heavy (non-hydrogen) atoms. The smallest absolute Gasteiger partial charge is 0.330 e. The van der Waals surface area contributed by atoms with E-state index in [1.54, 1.807) is 0 Å². The van der Waals surface area contributed by atoms with Crippen molar-refractivity contribution in [2.45, 2.75) is 6.04 Å². The van der Waals surface area contributed by atoms with Crippen molar-refractivity contribution < 1.29 is 27.9 Å². The second-order valence-corrected chi connectivity index (χ2v) is 4.40. The summed E-state index contributed by atoms with van der Waals surface area (Å²) in [6.07, 6.45) is 0. The van der Waals surface area contributed by atoms with Crippen molar-refractivity contribution in [1.29, 1.82) is 0 Å². The molecule has 6 nitrogen and oxygen atoms in total. The predicted octanol–water partition coefficient (Wildman–Crippen LogP) is 0.0784. The molecule has 112 valence electrons. The molecule has 0 saturated carbocycles. The van der Waals surface area contributed by atoms with Crippen LogP contribution in [0.15, 0.2) is 18.2 Å². The Morgan fingerprint density at radius 3 is 2.71 bits per heavy atom. The highest BCUT2D eigenvalue weighted by Crippen LogP contribution is 2.16. The van der Waals surface area contributed by atoms with E-state index >= 15 is 0 Å². The molecule has 1 aliphatic heterocycles. The fraction of sp³-hybridized carbons (Fsp3) is 0.308. The van der Waals surface area contributed by atoms with Crippen LogP contribution < -0.4 is 5.32 Å². The summed E-state index contributed by atoms with van der Waals surface area (Å²) in [6.45, 7) is -0.532. The highest BCUT2D eigenvalue weighted by atomic mass is 19.1. The minimum atomic E-state index is -1.06. The van der Waals surface area contributed by atoms with Gasteiger partial charge in [0.25, 0.3) is 5.91 Å². The Morgan fingerprint density at radius 1 is 1.38 bits per heavy atom. The van der Waals surface area contributed by atoms with Gasteiger partial charge in [0.15, 0.2) is 0 Å². The molecule has 0 radical (unpaired) electrons. The van der Waals surface area contributed by atoms with E-state index in [1.807, 2.05) is 0 Å². The van der Waals surface area contributed by atoms with Crippen LogP contribution in [0.25, 0.3) is 0 Å². The molecule has 0 aromatic heterocycles. The molecule has 0 bridgehead atoms. The number of hydrogen-bond donors (Lipinski definition) is 1. The molecule has 0 unspecified atom stereocenters. The minimum Gasteiger partial charge on any atom is -0.467 e. The van der Waals surface area contributed by atoms with E-state index in [1.165, 1.54) is 0 Å². The van der Waals surface area contributed by atoms with E-state index in [-0.39, 0.29) is 6.54 Å². The van der Waals surface area contributed by atoms with Crippen molar-refractivity contribution in [2.75, 3.05) is 20.2 Å². The molecule has 1 saturated heterocycles. The van der Waals surface area contributed by atoms with Crippen molar-refractivity contribution in [1.82, 2.24) is 10.2 Å². The second-order valence-electron chi connectivity index (χ2n) is 4.40. The van der Waals surface area contributed by atoms with Crippen molar-refractivity contribution >= 4 is 17.8 Å². The van der Waals surface area contributed by atoms with Crippen molar-refractivity contribution in [3.05, 3.63) is 35.4 Å². The fourth-order valence-corrected chi connectivity index (χ4v) is 2.02. The summed E-state index contributed by atoms with van der Waals surface area (Å²) in [4.78, 5) is 36.2. The first kappa shape index (κ1) is 14.9. The number of rotatable bonds is 2. The summed E-state index contributed by atoms with van der Waals surface area (Å²) in [6, 6.07) is 1.40. The van der Waals surface area contributed by atoms with Gasteiger partial charge in [-0.25, -0.2) is 13.6 Å². The first-order valence-corrected chi connectivity index (χ1v) is 6.04. The number of carbonyl (C=O) groups is 3. The minimum absolute atomic E-state index is 0.125. The Kier molecular flexibility index (Phi) is 4.15. The van der Waals surface area contributed by atoms with Crippen LogP contribution in [0.5, 0.6) is 0 Å². The quantitative estimate of drug-likeness (QED) is 0.785. The molecule has 1 aromatic rings. The van der Waals surface area contributed by atoms with Gasteiger partial charge in [-0.1, -0.05) is 0 Å². The summed E-state index contributed by atoms with van der Waals surface area (Å²) in [7, 11) is 1.14. The summed E-state index contributed by atoms with van der Waals surface area (Å²) in [5.41, 5.74) is -0.417. The van der Waals surface area contributed by atoms with Crippen LogP contribution in [-0.4, -0.2) is 48.9 Å². The van der Waals surface area contributed by atoms with E-state index < -0.39 is 47.6 Å². The molecule has 0 aliphatic carbocycles. The van der Waals surface area contributed by atoms with Crippen molar-refractivity contribution in [2.24, 2.45) is 0 Å². The van der Waals surface area contributed by atoms with Gasteiger partial charge in [0, 0.05) is 12.6 Å². The molecular weight excluding hydrogens is 286 g/mol. The lowest BCUT2D eigenvalue weighted by Crippen LogP contribution is -2.59. The molecular formula is C13H12F2N2O4. The second kappa shape index (κ2) is 5.86. The number of piperazine rings is 1. The number of nitrogens with zero attached hydrogens (tertiary/aromatic N) is 1. The predicted molar refractivity (Wildman–Crippen MR) is 66.2 cm³/mol. The SMILES string of the molecule is COC(=O)[C@H]1CNC(=O)CN1C(=O)c1ccc(F)cc1F. The standard InChI is InChI=1S/C13H12F2N2O4/c1-21-13(20)10-5-16-11(18)6-17(10)12(19)8-3-2-7(14)4-9(8)15/h2-4,10H,5-6H2,1H3,(H,16,18)/t10-/m1/s1. The summed E-state index contributed by atoms with van der Waals surface area (Å²) in [5.74, 6) is -3.98. The Morgan fingerprint density at radius 2 is 2.10 bits per heavy atom. The summed E-state index contributed by atoms with van der Waals surface area (Å²) in [5, 5.41) is 2.42. The monoisotopic (exact) mass is 298 g/mol.